The van der Waals surface area contributed by atoms with Crippen molar-refractivity contribution in [1.29, 1.82) is 0 Å². The highest BCUT2D eigenvalue weighted by Gasteiger charge is 2.38. The predicted molar refractivity (Wildman–Crippen MR) is 210 cm³/mol. The zero-order valence-electron chi connectivity index (χ0n) is 35.7. The van der Waals surface area contributed by atoms with Crippen LogP contribution in [0, 0.1) is 0 Å². The molecule has 0 saturated carbocycles. The maximum Gasteiger partial charge on any atom is 0.326 e. The average molecular weight is 794 g/mol. The molecule has 0 aliphatic rings. The van der Waals surface area contributed by atoms with Crippen LogP contribution in [0.3, 0.4) is 0 Å². The Kier molecular flexibility index (Phi) is 18.6. The molecule has 0 radical (unpaired) electrons. The summed E-state index contributed by atoms with van der Waals surface area (Å²) in [4.78, 5) is 80.0. The molecule has 1 aromatic rings. The normalized spacial score (nSPS) is 16.2. The van der Waals surface area contributed by atoms with Crippen LogP contribution in [0.25, 0.3) is 0 Å². The number of hydrogen-bond donors (Lipinski definition) is 6. The van der Waals surface area contributed by atoms with Crippen LogP contribution in [-0.4, -0.2) is 112 Å². The number of benzene rings is 1. The van der Waals surface area contributed by atoms with Gasteiger partial charge < -0.3 is 51.1 Å². The third kappa shape index (κ3) is 20.2. The third-order valence-corrected chi connectivity index (χ3v) is 7.57. The summed E-state index contributed by atoms with van der Waals surface area (Å²) in [6.07, 6.45) is -2.37. The Labute approximate surface area is 332 Å². The number of carboxylic acids is 1. The van der Waals surface area contributed by atoms with Crippen LogP contribution in [0.1, 0.15) is 109 Å². The Hall–Kier alpha value is -4.12. The topological polar surface area (TPSA) is 234 Å². The van der Waals surface area contributed by atoms with E-state index in [2.05, 4.69) is 21.3 Å². The van der Waals surface area contributed by atoms with Crippen molar-refractivity contribution in [1.82, 2.24) is 21.3 Å². The Morgan fingerprint density at radius 3 is 1.59 bits per heavy atom. The number of rotatable bonds is 19. The van der Waals surface area contributed by atoms with E-state index in [1.807, 2.05) is 20.8 Å². The smallest absolute Gasteiger partial charge is 0.326 e. The van der Waals surface area contributed by atoms with Crippen molar-refractivity contribution < 1.29 is 52.8 Å². The first-order valence-electron chi connectivity index (χ1n) is 18.8. The van der Waals surface area contributed by atoms with E-state index in [1.54, 1.807) is 106 Å². The molecule has 0 saturated heterocycles. The molecule has 16 nitrogen and oxygen atoms in total. The second-order valence-electron chi connectivity index (χ2n) is 17.8. The number of amides is 4. The van der Waals surface area contributed by atoms with E-state index in [-0.39, 0.29) is 6.42 Å². The third-order valence-electron chi connectivity index (χ3n) is 7.57. The predicted octanol–water partition coefficient (Wildman–Crippen LogP) is 2.53. The maximum absolute atomic E-state index is 14.2. The minimum atomic E-state index is -1.70. The summed E-state index contributed by atoms with van der Waals surface area (Å²) in [5, 5.41) is 20.1. The molecule has 7 atom stereocenters. The van der Waals surface area contributed by atoms with Gasteiger partial charge in [0.05, 0.1) is 42.0 Å². The van der Waals surface area contributed by atoms with E-state index in [4.69, 9.17) is 24.7 Å². The standard InChI is InChI=1S/C40H67N5O11/c1-23(54-38(6,7)8)30(41)34(49)42-26(20-25-18-16-15-17-19-25)32(47)45-31(24(2)55-39(9,10)11)35(50)44-28(22-53-37(3,4)5)33(48)43-27(36(51)52)21-29(46)56-40(12,13)14/h15-19,23-24,26-28,30-31H,20-22,41H2,1-14H3,(H,42,49)(H,43,48)(H,44,50)(H,45,47)(H,51,52)/t23-,24-,26+,27+,28+,30+,31+/m1/s1. The van der Waals surface area contributed by atoms with E-state index >= 15 is 0 Å². The van der Waals surface area contributed by atoms with Gasteiger partial charge in [-0.1, -0.05) is 30.3 Å². The van der Waals surface area contributed by atoms with Crippen LogP contribution < -0.4 is 27.0 Å². The van der Waals surface area contributed by atoms with Crippen molar-refractivity contribution in [3.05, 3.63) is 35.9 Å². The Morgan fingerprint density at radius 2 is 1.11 bits per heavy atom. The lowest BCUT2D eigenvalue weighted by molar-refractivity contribution is -0.158. The molecule has 0 unspecified atom stereocenters. The van der Waals surface area contributed by atoms with Crippen LogP contribution in [0.5, 0.6) is 0 Å². The molecule has 0 aromatic heterocycles. The van der Waals surface area contributed by atoms with Crippen molar-refractivity contribution in [2.75, 3.05) is 6.61 Å². The number of hydrogen-bond acceptors (Lipinski definition) is 11. The number of nitrogens with two attached hydrogens (primary N) is 1. The van der Waals surface area contributed by atoms with E-state index in [9.17, 15) is 33.9 Å². The molecule has 16 heteroatoms. The molecule has 7 N–H and O–H groups in total. The molecule has 4 amide bonds. The van der Waals surface area contributed by atoms with Crippen LogP contribution in [0.2, 0.25) is 0 Å². The Balaban J connectivity index is 3.53. The Morgan fingerprint density at radius 1 is 0.625 bits per heavy atom. The van der Waals surface area contributed by atoms with Crippen molar-refractivity contribution in [3.63, 3.8) is 0 Å². The molecule has 1 rings (SSSR count). The lowest BCUT2D eigenvalue weighted by atomic mass is 10.0. The fraction of sp³-hybridized carbons (Fsp3) is 0.700. The number of esters is 1. The summed E-state index contributed by atoms with van der Waals surface area (Å²) in [7, 11) is 0. The van der Waals surface area contributed by atoms with E-state index in [0.717, 1.165) is 0 Å². The monoisotopic (exact) mass is 793 g/mol. The quantitative estimate of drug-likeness (QED) is 0.111. The summed E-state index contributed by atoms with van der Waals surface area (Å²) in [5.41, 5.74) is 3.88. The zero-order chi connectivity index (χ0) is 43.4. The SMILES string of the molecule is C[C@@H](OC(C)(C)C)[C@H](N)C(=O)N[C@@H](Cc1ccccc1)C(=O)N[C@H](C(=O)N[C@@H](COC(C)(C)C)C(=O)N[C@@H](CC(=O)OC(C)(C)C)C(=O)O)[C@@H](C)OC(C)(C)C. The number of carbonyl (C=O) groups excluding carboxylic acids is 5. The minimum Gasteiger partial charge on any atom is -0.480 e. The van der Waals surface area contributed by atoms with Gasteiger partial charge in [-0.3, -0.25) is 24.0 Å². The van der Waals surface area contributed by atoms with Gasteiger partial charge in [0.1, 0.15) is 35.8 Å². The zero-order valence-corrected chi connectivity index (χ0v) is 35.7. The highest BCUT2D eigenvalue weighted by Crippen LogP contribution is 2.16. The molecule has 0 aliphatic carbocycles. The van der Waals surface area contributed by atoms with Gasteiger partial charge in [0.15, 0.2) is 0 Å². The van der Waals surface area contributed by atoms with Gasteiger partial charge in [-0.05, 0) is 102 Å². The molecule has 0 fully saturated rings. The molecule has 0 aliphatic heterocycles. The average Bonchev–Trinajstić information content (AvgIpc) is 3.01. The second kappa shape index (κ2) is 20.9. The molecule has 1 aromatic carbocycles. The second-order valence-corrected chi connectivity index (χ2v) is 17.8. The van der Waals surface area contributed by atoms with Gasteiger partial charge >= 0.3 is 11.9 Å². The summed E-state index contributed by atoms with van der Waals surface area (Å²) in [6, 6.07) is 1.90. The van der Waals surface area contributed by atoms with Gasteiger partial charge in [0, 0.05) is 6.42 Å². The van der Waals surface area contributed by atoms with Crippen LogP contribution in [-0.2, 0) is 54.1 Å². The lowest BCUT2D eigenvalue weighted by Gasteiger charge is -2.33. The first kappa shape index (κ1) is 49.9. The molecule has 0 bridgehead atoms. The molecule has 318 valence electrons. The molecular formula is C40H67N5O11. The van der Waals surface area contributed by atoms with Crippen LogP contribution in [0.4, 0.5) is 0 Å². The van der Waals surface area contributed by atoms with Crippen LogP contribution >= 0.6 is 0 Å². The summed E-state index contributed by atoms with van der Waals surface area (Å²) < 4.78 is 23.0. The molecule has 56 heavy (non-hydrogen) atoms. The van der Waals surface area contributed by atoms with E-state index < -0.39 is 113 Å². The maximum atomic E-state index is 14.2. The van der Waals surface area contributed by atoms with Gasteiger partial charge in [0.2, 0.25) is 23.6 Å². The summed E-state index contributed by atoms with van der Waals surface area (Å²) in [6.45, 7) is 23.5. The van der Waals surface area contributed by atoms with Crippen molar-refractivity contribution in [2.45, 2.75) is 175 Å². The molecular weight excluding hydrogens is 726 g/mol. The highest BCUT2D eigenvalue weighted by molar-refractivity contribution is 5.96. The summed E-state index contributed by atoms with van der Waals surface area (Å²) >= 11 is 0. The molecule has 0 heterocycles. The number of nitrogens with one attached hydrogen (secondary N) is 4. The number of ether oxygens (including phenoxy) is 4. The lowest BCUT2D eigenvalue weighted by Crippen LogP contribution is -2.63. The van der Waals surface area contributed by atoms with Crippen molar-refractivity contribution in [2.24, 2.45) is 5.73 Å². The first-order valence-corrected chi connectivity index (χ1v) is 18.8. The molecule has 0 spiro atoms. The highest BCUT2D eigenvalue weighted by atomic mass is 16.6. The van der Waals surface area contributed by atoms with Gasteiger partial charge in [-0.15, -0.1) is 0 Å². The largest absolute Gasteiger partial charge is 0.480 e. The summed E-state index contributed by atoms with van der Waals surface area (Å²) in [5.74, 6) is -5.62. The van der Waals surface area contributed by atoms with E-state index in [1.165, 1.54) is 0 Å². The number of carboxylic acid groups (broad SMARTS) is 1. The van der Waals surface area contributed by atoms with Gasteiger partial charge in [-0.2, -0.15) is 0 Å². The minimum absolute atomic E-state index is 0.0289. The van der Waals surface area contributed by atoms with Crippen molar-refractivity contribution >= 4 is 35.6 Å². The van der Waals surface area contributed by atoms with E-state index in [0.29, 0.717) is 5.56 Å². The van der Waals surface area contributed by atoms with Gasteiger partial charge in [0.25, 0.3) is 0 Å². The fourth-order valence-electron chi connectivity index (χ4n) is 5.25. The number of aliphatic carboxylic acids is 1. The van der Waals surface area contributed by atoms with Crippen molar-refractivity contribution in [3.8, 4) is 0 Å². The number of carbonyl (C=O) groups is 6. The van der Waals surface area contributed by atoms with Crippen LogP contribution in [0.15, 0.2) is 30.3 Å². The fourth-order valence-corrected chi connectivity index (χ4v) is 5.25. The first-order chi connectivity index (χ1) is 25.4. The Bertz CT molecular complexity index is 1480. The van der Waals surface area contributed by atoms with Gasteiger partial charge in [-0.25, -0.2) is 4.79 Å².